The maximum atomic E-state index is 11.8. The SMILES string of the molecule is Cc1cc(NC(=O)CCOC(C)CC(C)C)ccc1C(=O)O. The summed E-state index contributed by atoms with van der Waals surface area (Å²) in [7, 11) is 0. The molecule has 5 nitrogen and oxygen atoms in total. The van der Waals surface area contributed by atoms with Crippen molar-refractivity contribution in [1.29, 1.82) is 0 Å². The summed E-state index contributed by atoms with van der Waals surface area (Å²) in [5.74, 6) is -0.540. The van der Waals surface area contributed by atoms with Gasteiger partial charge in [-0.05, 0) is 49.9 Å². The van der Waals surface area contributed by atoms with Crippen LogP contribution >= 0.6 is 0 Å². The van der Waals surface area contributed by atoms with Crippen molar-refractivity contribution in [3.8, 4) is 0 Å². The first-order valence-electron chi connectivity index (χ1n) is 7.55. The Kier molecular flexibility index (Phi) is 7.05. The van der Waals surface area contributed by atoms with E-state index < -0.39 is 5.97 Å². The number of amides is 1. The van der Waals surface area contributed by atoms with Crippen molar-refractivity contribution in [2.24, 2.45) is 5.92 Å². The van der Waals surface area contributed by atoms with Crippen molar-refractivity contribution in [3.63, 3.8) is 0 Å². The predicted octanol–water partition coefficient (Wildman–Crippen LogP) is 3.47. The number of carbonyl (C=O) groups excluding carboxylic acids is 1. The van der Waals surface area contributed by atoms with Gasteiger partial charge in [0.2, 0.25) is 5.91 Å². The van der Waals surface area contributed by atoms with Crippen LogP contribution in [0, 0.1) is 12.8 Å². The average Bonchev–Trinajstić information content (AvgIpc) is 2.37. The minimum Gasteiger partial charge on any atom is -0.478 e. The molecule has 1 atom stereocenters. The third-order valence-corrected chi connectivity index (χ3v) is 3.28. The second-order valence-corrected chi connectivity index (χ2v) is 5.94. The zero-order valence-corrected chi connectivity index (χ0v) is 13.7. The lowest BCUT2D eigenvalue weighted by molar-refractivity contribution is -0.117. The highest BCUT2D eigenvalue weighted by Gasteiger charge is 2.10. The molecule has 1 rings (SSSR count). The number of carbonyl (C=O) groups is 2. The number of carboxylic acids is 1. The Balaban J connectivity index is 2.42. The number of hydrogen-bond acceptors (Lipinski definition) is 3. The average molecular weight is 307 g/mol. The highest BCUT2D eigenvalue weighted by molar-refractivity contribution is 5.93. The van der Waals surface area contributed by atoms with Gasteiger partial charge in [-0.2, -0.15) is 0 Å². The van der Waals surface area contributed by atoms with Gasteiger partial charge < -0.3 is 15.2 Å². The van der Waals surface area contributed by atoms with E-state index in [4.69, 9.17) is 9.84 Å². The number of benzene rings is 1. The van der Waals surface area contributed by atoms with E-state index in [0.717, 1.165) is 6.42 Å². The van der Waals surface area contributed by atoms with E-state index in [1.165, 1.54) is 6.07 Å². The largest absolute Gasteiger partial charge is 0.478 e. The number of anilines is 1. The van der Waals surface area contributed by atoms with Crippen LogP contribution in [0.3, 0.4) is 0 Å². The lowest BCUT2D eigenvalue weighted by atomic mass is 10.1. The molecular formula is C17H25NO4. The van der Waals surface area contributed by atoms with Crippen molar-refractivity contribution in [2.45, 2.75) is 46.6 Å². The Morgan fingerprint density at radius 2 is 1.95 bits per heavy atom. The molecule has 122 valence electrons. The summed E-state index contributed by atoms with van der Waals surface area (Å²) in [6, 6.07) is 4.74. The van der Waals surface area contributed by atoms with Gasteiger partial charge in [0.05, 0.1) is 24.7 Å². The molecule has 0 aliphatic rings. The van der Waals surface area contributed by atoms with Crippen LogP contribution in [0.5, 0.6) is 0 Å². The second-order valence-electron chi connectivity index (χ2n) is 5.94. The van der Waals surface area contributed by atoms with Crippen LogP contribution in [0.4, 0.5) is 5.69 Å². The molecule has 0 aromatic heterocycles. The van der Waals surface area contributed by atoms with Crippen LogP contribution in [-0.4, -0.2) is 29.7 Å². The number of nitrogens with one attached hydrogen (secondary N) is 1. The first-order chi connectivity index (χ1) is 10.3. The van der Waals surface area contributed by atoms with E-state index in [1.807, 2.05) is 6.92 Å². The number of rotatable bonds is 8. The number of aromatic carboxylic acids is 1. The van der Waals surface area contributed by atoms with Crippen LogP contribution in [0.25, 0.3) is 0 Å². The van der Waals surface area contributed by atoms with E-state index in [9.17, 15) is 9.59 Å². The maximum absolute atomic E-state index is 11.8. The highest BCUT2D eigenvalue weighted by Crippen LogP contribution is 2.15. The Labute approximate surface area is 131 Å². The molecule has 0 fully saturated rings. The normalized spacial score (nSPS) is 12.2. The molecule has 1 aromatic carbocycles. The van der Waals surface area contributed by atoms with Gasteiger partial charge in [-0.15, -0.1) is 0 Å². The lowest BCUT2D eigenvalue weighted by Gasteiger charge is -2.15. The van der Waals surface area contributed by atoms with Gasteiger partial charge in [0.15, 0.2) is 0 Å². The molecule has 1 aromatic rings. The summed E-state index contributed by atoms with van der Waals surface area (Å²) < 4.78 is 5.60. The fraction of sp³-hybridized carbons (Fsp3) is 0.529. The molecule has 0 bridgehead atoms. The molecule has 0 saturated heterocycles. The van der Waals surface area contributed by atoms with Crippen molar-refractivity contribution in [2.75, 3.05) is 11.9 Å². The van der Waals surface area contributed by atoms with Gasteiger partial charge in [-0.1, -0.05) is 13.8 Å². The molecule has 0 saturated carbocycles. The smallest absolute Gasteiger partial charge is 0.335 e. The van der Waals surface area contributed by atoms with E-state index in [-0.39, 0.29) is 24.0 Å². The van der Waals surface area contributed by atoms with Crippen molar-refractivity contribution >= 4 is 17.6 Å². The molecular weight excluding hydrogens is 282 g/mol. The Hall–Kier alpha value is -1.88. The van der Waals surface area contributed by atoms with Crippen molar-refractivity contribution < 1.29 is 19.4 Å². The van der Waals surface area contributed by atoms with Gasteiger partial charge in [-0.25, -0.2) is 4.79 Å². The van der Waals surface area contributed by atoms with Gasteiger partial charge >= 0.3 is 5.97 Å². The van der Waals surface area contributed by atoms with E-state index >= 15 is 0 Å². The topological polar surface area (TPSA) is 75.6 Å². The molecule has 1 amide bonds. The minimum atomic E-state index is -0.970. The van der Waals surface area contributed by atoms with Gasteiger partial charge in [-0.3, -0.25) is 4.79 Å². The van der Waals surface area contributed by atoms with Crippen LogP contribution in [0.15, 0.2) is 18.2 Å². The minimum absolute atomic E-state index is 0.140. The summed E-state index contributed by atoms with van der Waals surface area (Å²) in [5, 5.41) is 11.7. The van der Waals surface area contributed by atoms with Crippen LogP contribution in [0.2, 0.25) is 0 Å². The third-order valence-electron chi connectivity index (χ3n) is 3.28. The Morgan fingerprint density at radius 1 is 1.27 bits per heavy atom. The zero-order chi connectivity index (χ0) is 16.7. The van der Waals surface area contributed by atoms with Gasteiger partial charge in [0, 0.05) is 5.69 Å². The fourth-order valence-electron chi connectivity index (χ4n) is 2.29. The van der Waals surface area contributed by atoms with Crippen molar-refractivity contribution in [1.82, 2.24) is 0 Å². The third kappa shape index (κ3) is 6.26. The van der Waals surface area contributed by atoms with Gasteiger partial charge in [0.25, 0.3) is 0 Å². The first kappa shape index (κ1) is 18.2. The highest BCUT2D eigenvalue weighted by atomic mass is 16.5. The standard InChI is InChI=1S/C17H25NO4/c1-11(2)9-13(4)22-8-7-16(19)18-14-5-6-15(17(20)21)12(3)10-14/h5-6,10-11,13H,7-9H2,1-4H3,(H,18,19)(H,20,21). The molecule has 0 aliphatic carbocycles. The fourth-order valence-corrected chi connectivity index (χ4v) is 2.29. The Morgan fingerprint density at radius 3 is 2.50 bits per heavy atom. The number of ether oxygens (including phenoxy) is 1. The molecule has 22 heavy (non-hydrogen) atoms. The monoisotopic (exact) mass is 307 g/mol. The van der Waals surface area contributed by atoms with Gasteiger partial charge in [0.1, 0.15) is 0 Å². The molecule has 5 heteroatoms. The number of aryl methyl sites for hydroxylation is 1. The second kappa shape index (κ2) is 8.54. The summed E-state index contributed by atoms with van der Waals surface area (Å²) in [6.07, 6.45) is 1.39. The Bertz CT molecular complexity index is 525. The summed E-state index contributed by atoms with van der Waals surface area (Å²) in [6.45, 7) is 8.36. The maximum Gasteiger partial charge on any atom is 0.335 e. The molecule has 2 N–H and O–H groups in total. The summed E-state index contributed by atoms with van der Waals surface area (Å²) in [4.78, 5) is 22.8. The summed E-state index contributed by atoms with van der Waals surface area (Å²) >= 11 is 0. The predicted molar refractivity (Wildman–Crippen MR) is 86.3 cm³/mol. The molecule has 0 spiro atoms. The van der Waals surface area contributed by atoms with E-state index in [0.29, 0.717) is 23.8 Å². The molecule has 1 unspecified atom stereocenters. The zero-order valence-electron chi connectivity index (χ0n) is 13.7. The molecule has 0 aliphatic heterocycles. The summed E-state index contributed by atoms with van der Waals surface area (Å²) in [5.41, 5.74) is 1.46. The first-order valence-corrected chi connectivity index (χ1v) is 7.55. The van der Waals surface area contributed by atoms with E-state index in [2.05, 4.69) is 19.2 Å². The quantitative estimate of drug-likeness (QED) is 0.771. The molecule has 0 radical (unpaired) electrons. The van der Waals surface area contributed by atoms with Crippen LogP contribution in [-0.2, 0) is 9.53 Å². The molecule has 0 heterocycles. The van der Waals surface area contributed by atoms with Crippen LogP contribution < -0.4 is 5.32 Å². The van der Waals surface area contributed by atoms with Crippen molar-refractivity contribution in [3.05, 3.63) is 29.3 Å². The lowest BCUT2D eigenvalue weighted by Crippen LogP contribution is -2.18. The van der Waals surface area contributed by atoms with E-state index in [1.54, 1.807) is 19.1 Å². The van der Waals surface area contributed by atoms with Crippen LogP contribution in [0.1, 0.15) is 49.5 Å². The number of carboxylic acid groups (broad SMARTS) is 1. The number of hydrogen-bond donors (Lipinski definition) is 2.